The second-order valence-electron chi connectivity index (χ2n) is 8.70. The van der Waals surface area contributed by atoms with Crippen LogP contribution in [-0.4, -0.2) is 53.8 Å². The van der Waals surface area contributed by atoms with E-state index in [4.69, 9.17) is 0 Å². The Morgan fingerprint density at radius 1 is 0.871 bits per heavy atom. The van der Waals surface area contributed by atoms with Crippen molar-refractivity contribution in [2.24, 2.45) is 5.92 Å². The minimum Gasteiger partial charge on any atom is -0.339 e. The summed E-state index contributed by atoms with van der Waals surface area (Å²) in [6.07, 6.45) is 3.61. The number of carbonyl (C=O) groups is 2. The van der Waals surface area contributed by atoms with Gasteiger partial charge < -0.3 is 15.1 Å². The van der Waals surface area contributed by atoms with Gasteiger partial charge in [-0.15, -0.1) is 0 Å². The van der Waals surface area contributed by atoms with Gasteiger partial charge in [-0.2, -0.15) is 0 Å². The van der Waals surface area contributed by atoms with Crippen molar-refractivity contribution >= 4 is 17.5 Å². The molecule has 2 aromatic rings. The summed E-state index contributed by atoms with van der Waals surface area (Å²) >= 11 is 0. The zero-order chi connectivity index (χ0) is 21.8. The fourth-order valence-electron chi connectivity index (χ4n) is 4.62. The molecule has 0 spiro atoms. The smallest absolute Gasteiger partial charge is 0.253 e. The fraction of sp³-hybridized carbons (Fsp3) is 0.440. The molecule has 0 radical (unpaired) electrons. The fourth-order valence-corrected chi connectivity index (χ4v) is 4.62. The molecule has 164 valence electrons. The maximum atomic E-state index is 13.0. The van der Waals surface area contributed by atoms with Crippen LogP contribution in [0.4, 0.5) is 10.1 Å². The molecule has 2 fully saturated rings. The predicted molar refractivity (Wildman–Crippen MR) is 119 cm³/mol. The van der Waals surface area contributed by atoms with Crippen molar-refractivity contribution in [1.82, 2.24) is 9.80 Å². The van der Waals surface area contributed by atoms with Gasteiger partial charge in [-0.05, 0) is 82.1 Å². The summed E-state index contributed by atoms with van der Waals surface area (Å²) in [5.41, 5.74) is 2.56. The monoisotopic (exact) mass is 423 g/mol. The number of amides is 2. The third-order valence-corrected chi connectivity index (χ3v) is 6.58. The minimum atomic E-state index is -0.307. The van der Waals surface area contributed by atoms with E-state index >= 15 is 0 Å². The van der Waals surface area contributed by atoms with Crippen LogP contribution < -0.4 is 5.32 Å². The normalized spacial score (nSPS) is 18.7. The standard InChI is InChI=1S/C25H30FN3O2/c1-18-2-4-20(5-3-18)25(31)29-16-12-23(13-17-29)28-14-10-19(11-15-28)24(30)27-22-8-6-21(26)7-9-22/h2-9,19,23H,10-17H2,1H3,(H,27,30). The quantitative estimate of drug-likeness (QED) is 0.806. The van der Waals surface area contributed by atoms with Crippen LogP contribution >= 0.6 is 0 Å². The molecule has 2 aliphatic heterocycles. The predicted octanol–water partition coefficient (Wildman–Crippen LogP) is 4.09. The SMILES string of the molecule is Cc1ccc(C(=O)N2CCC(N3CCC(C(=O)Nc4ccc(F)cc4)CC3)CC2)cc1. The average Bonchev–Trinajstić information content (AvgIpc) is 2.81. The molecule has 0 atom stereocenters. The number of nitrogens with zero attached hydrogens (tertiary/aromatic N) is 2. The Morgan fingerprint density at radius 2 is 1.48 bits per heavy atom. The van der Waals surface area contributed by atoms with Gasteiger partial charge in [0.25, 0.3) is 5.91 Å². The van der Waals surface area contributed by atoms with E-state index in [1.54, 1.807) is 12.1 Å². The van der Waals surface area contributed by atoms with Crippen molar-refractivity contribution in [2.45, 2.75) is 38.6 Å². The Bertz CT molecular complexity index is 897. The molecular weight excluding hydrogens is 393 g/mol. The molecule has 1 N–H and O–H groups in total. The van der Waals surface area contributed by atoms with Crippen LogP contribution in [0.1, 0.15) is 41.6 Å². The molecule has 2 amide bonds. The maximum Gasteiger partial charge on any atom is 0.253 e. The Kier molecular flexibility index (Phi) is 6.66. The van der Waals surface area contributed by atoms with Crippen molar-refractivity contribution in [3.63, 3.8) is 0 Å². The van der Waals surface area contributed by atoms with Crippen molar-refractivity contribution in [1.29, 1.82) is 0 Å². The van der Waals surface area contributed by atoms with E-state index in [1.165, 1.54) is 12.1 Å². The zero-order valence-electron chi connectivity index (χ0n) is 18.0. The number of benzene rings is 2. The van der Waals surface area contributed by atoms with E-state index in [0.717, 1.165) is 63.0 Å². The molecule has 6 heteroatoms. The third-order valence-electron chi connectivity index (χ3n) is 6.58. The van der Waals surface area contributed by atoms with E-state index < -0.39 is 0 Å². The van der Waals surface area contributed by atoms with Crippen molar-refractivity contribution in [3.8, 4) is 0 Å². The van der Waals surface area contributed by atoms with Gasteiger partial charge in [0.2, 0.25) is 5.91 Å². The number of nitrogens with one attached hydrogen (secondary N) is 1. The van der Waals surface area contributed by atoms with Gasteiger partial charge >= 0.3 is 0 Å². The number of likely N-dealkylation sites (tertiary alicyclic amines) is 2. The minimum absolute atomic E-state index is 0.00972. The Hall–Kier alpha value is -2.73. The number of piperidine rings is 2. The molecule has 0 unspecified atom stereocenters. The number of rotatable bonds is 4. The van der Waals surface area contributed by atoms with E-state index in [9.17, 15) is 14.0 Å². The van der Waals surface area contributed by atoms with Crippen LogP contribution in [-0.2, 0) is 4.79 Å². The van der Waals surface area contributed by atoms with Crippen LogP contribution in [0, 0.1) is 18.7 Å². The van der Waals surface area contributed by atoms with Gasteiger partial charge in [0.1, 0.15) is 5.82 Å². The number of halogens is 1. The van der Waals surface area contributed by atoms with Crippen LogP contribution in [0.3, 0.4) is 0 Å². The first kappa shape index (κ1) is 21.5. The molecule has 5 nitrogen and oxygen atoms in total. The lowest BCUT2D eigenvalue weighted by molar-refractivity contribution is -0.121. The van der Waals surface area contributed by atoms with E-state index in [-0.39, 0.29) is 23.5 Å². The molecule has 2 aliphatic rings. The third kappa shape index (κ3) is 5.31. The van der Waals surface area contributed by atoms with Crippen LogP contribution in [0.5, 0.6) is 0 Å². The number of anilines is 1. The molecule has 2 saturated heterocycles. The molecule has 2 aromatic carbocycles. The number of hydrogen-bond donors (Lipinski definition) is 1. The van der Waals surface area contributed by atoms with Gasteiger partial charge in [-0.25, -0.2) is 4.39 Å². The van der Waals surface area contributed by atoms with Crippen LogP contribution in [0.2, 0.25) is 0 Å². The van der Waals surface area contributed by atoms with E-state index in [2.05, 4.69) is 10.2 Å². The van der Waals surface area contributed by atoms with Crippen LogP contribution in [0.25, 0.3) is 0 Å². The molecule has 4 rings (SSSR count). The van der Waals surface area contributed by atoms with Gasteiger partial charge in [0, 0.05) is 36.3 Å². The number of carbonyl (C=O) groups excluding carboxylic acids is 2. The summed E-state index contributed by atoms with van der Waals surface area (Å²) in [5.74, 6) is -0.179. The van der Waals surface area contributed by atoms with Gasteiger partial charge in [0.15, 0.2) is 0 Å². The summed E-state index contributed by atoms with van der Waals surface area (Å²) in [6.45, 7) is 5.39. The molecule has 0 bridgehead atoms. The second-order valence-corrected chi connectivity index (χ2v) is 8.70. The topological polar surface area (TPSA) is 52.7 Å². The highest BCUT2D eigenvalue weighted by atomic mass is 19.1. The Balaban J connectivity index is 1.22. The maximum absolute atomic E-state index is 13.0. The lowest BCUT2D eigenvalue weighted by atomic mass is 9.92. The first-order valence-corrected chi connectivity index (χ1v) is 11.2. The first-order chi connectivity index (χ1) is 15.0. The molecular formula is C25H30FN3O2. The molecule has 2 heterocycles. The Morgan fingerprint density at radius 3 is 2.10 bits per heavy atom. The average molecular weight is 424 g/mol. The summed E-state index contributed by atoms with van der Waals surface area (Å²) in [4.78, 5) is 29.7. The molecule has 0 aliphatic carbocycles. The van der Waals surface area contributed by atoms with Crippen molar-refractivity contribution in [3.05, 3.63) is 65.5 Å². The summed E-state index contributed by atoms with van der Waals surface area (Å²) < 4.78 is 13.0. The molecule has 0 aromatic heterocycles. The van der Waals surface area contributed by atoms with Crippen LogP contribution in [0.15, 0.2) is 48.5 Å². The highest BCUT2D eigenvalue weighted by Crippen LogP contribution is 2.25. The molecule has 0 saturated carbocycles. The number of aryl methyl sites for hydroxylation is 1. The second kappa shape index (κ2) is 9.60. The summed E-state index contributed by atoms with van der Waals surface area (Å²) in [6, 6.07) is 14.1. The first-order valence-electron chi connectivity index (χ1n) is 11.2. The van der Waals surface area contributed by atoms with E-state index in [0.29, 0.717) is 11.7 Å². The lowest BCUT2D eigenvalue weighted by Gasteiger charge is -2.41. The highest BCUT2D eigenvalue weighted by molar-refractivity contribution is 5.94. The Labute approximate surface area is 183 Å². The van der Waals surface area contributed by atoms with E-state index in [1.807, 2.05) is 36.1 Å². The van der Waals surface area contributed by atoms with Gasteiger partial charge in [0.05, 0.1) is 0 Å². The van der Waals surface area contributed by atoms with Gasteiger partial charge in [-0.3, -0.25) is 9.59 Å². The lowest BCUT2D eigenvalue weighted by Crippen LogP contribution is -2.49. The zero-order valence-corrected chi connectivity index (χ0v) is 18.0. The highest BCUT2D eigenvalue weighted by Gasteiger charge is 2.31. The largest absolute Gasteiger partial charge is 0.339 e. The van der Waals surface area contributed by atoms with Gasteiger partial charge in [-0.1, -0.05) is 17.7 Å². The number of hydrogen-bond acceptors (Lipinski definition) is 3. The summed E-state index contributed by atoms with van der Waals surface area (Å²) in [5, 5.41) is 2.90. The molecule has 31 heavy (non-hydrogen) atoms. The van der Waals surface area contributed by atoms with Crippen molar-refractivity contribution in [2.75, 3.05) is 31.5 Å². The van der Waals surface area contributed by atoms with Crippen molar-refractivity contribution < 1.29 is 14.0 Å². The summed E-state index contributed by atoms with van der Waals surface area (Å²) in [7, 11) is 0.